The summed E-state index contributed by atoms with van der Waals surface area (Å²) in [4.78, 5) is 13.0. The van der Waals surface area contributed by atoms with Crippen LogP contribution in [0.4, 0.5) is 0 Å². The number of nitrogens with zero attached hydrogens (tertiary/aromatic N) is 1. The fourth-order valence-corrected chi connectivity index (χ4v) is 3.09. The highest BCUT2D eigenvalue weighted by molar-refractivity contribution is 5.87. The normalized spacial score (nSPS) is 10.9. The van der Waals surface area contributed by atoms with Crippen LogP contribution < -0.4 is 5.43 Å². The molecule has 4 aromatic rings. The SMILES string of the molecule is Cn1cc(-c2ccccc2)c(=O)c(-c2ccc3ccccc3c2)c1. The van der Waals surface area contributed by atoms with Gasteiger partial charge in [-0.05, 0) is 28.0 Å². The van der Waals surface area contributed by atoms with Gasteiger partial charge in [-0.15, -0.1) is 0 Å². The summed E-state index contributed by atoms with van der Waals surface area (Å²) in [6.45, 7) is 0. The summed E-state index contributed by atoms with van der Waals surface area (Å²) in [5.41, 5.74) is 3.41. The van der Waals surface area contributed by atoms with Crippen molar-refractivity contribution in [3.05, 3.63) is 95.4 Å². The Labute approximate surface area is 140 Å². The first-order valence-corrected chi connectivity index (χ1v) is 7.97. The molecule has 116 valence electrons. The highest BCUT2D eigenvalue weighted by atomic mass is 16.1. The average Bonchev–Trinajstić information content (AvgIpc) is 2.63. The van der Waals surface area contributed by atoms with Gasteiger partial charge in [0.05, 0.1) is 0 Å². The summed E-state index contributed by atoms with van der Waals surface area (Å²) in [7, 11) is 1.95. The maximum absolute atomic E-state index is 13.0. The quantitative estimate of drug-likeness (QED) is 0.517. The van der Waals surface area contributed by atoms with Crippen molar-refractivity contribution in [1.82, 2.24) is 4.57 Å². The summed E-state index contributed by atoms with van der Waals surface area (Å²) >= 11 is 0. The maximum atomic E-state index is 13.0. The number of hydrogen-bond acceptors (Lipinski definition) is 1. The molecular formula is C22H17NO. The second-order valence-electron chi connectivity index (χ2n) is 6.01. The minimum atomic E-state index is 0.0644. The zero-order valence-electron chi connectivity index (χ0n) is 13.4. The second-order valence-corrected chi connectivity index (χ2v) is 6.01. The fourth-order valence-electron chi connectivity index (χ4n) is 3.09. The molecule has 0 aliphatic carbocycles. The first-order chi connectivity index (χ1) is 11.7. The molecule has 0 unspecified atom stereocenters. The van der Waals surface area contributed by atoms with Crippen molar-refractivity contribution in [2.45, 2.75) is 0 Å². The smallest absolute Gasteiger partial charge is 0.197 e. The monoisotopic (exact) mass is 311 g/mol. The van der Waals surface area contributed by atoms with Crippen LogP contribution in [0.25, 0.3) is 33.0 Å². The minimum absolute atomic E-state index is 0.0644. The van der Waals surface area contributed by atoms with Gasteiger partial charge in [0, 0.05) is 30.6 Å². The van der Waals surface area contributed by atoms with Crippen LogP contribution in [0.1, 0.15) is 0 Å². The molecular weight excluding hydrogens is 294 g/mol. The maximum Gasteiger partial charge on any atom is 0.197 e. The molecule has 2 nitrogen and oxygen atoms in total. The molecule has 0 saturated heterocycles. The van der Waals surface area contributed by atoms with Gasteiger partial charge in [-0.2, -0.15) is 0 Å². The van der Waals surface area contributed by atoms with E-state index >= 15 is 0 Å². The lowest BCUT2D eigenvalue weighted by atomic mass is 9.99. The molecule has 1 heterocycles. The Balaban J connectivity index is 1.94. The largest absolute Gasteiger partial charge is 0.356 e. The number of rotatable bonds is 2. The van der Waals surface area contributed by atoms with E-state index in [0.29, 0.717) is 0 Å². The van der Waals surface area contributed by atoms with E-state index in [1.165, 1.54) is 5.39 Å². The molecule has 4 rings (SSSR count). The van der Waals surface area contributed by atoms with Crippen molar-refractivity contribution in [2.75, 3.05) is 0 Å². The van der Waals surface area contributed by atoms with E-state index in [1.54, 1.807) is 0 Å². The van der Waals surface area contributed by atoms with E-state index in [0.717, 1.165) is 27.6 Å². The van der Waals surface area contributed by atoms with Gasteiger partial charge in [0.2, 0.25) is 0 Å². The molecule has 0 atom stereocenters. The van der Waals surface area contributed by atoms with Crippen molar-refractivity contribution >= 4 is 10.8 Å². The molecule has 24 heavy (non-hydrogen) atoms. The van der Waals surface area contributed by atoms with E-state index in [9.17, 15) is 4.79 Å². The molecule has 0 amide bonds. The first-order valence-electron chi connectivity index (χ1n) is 7.97. The molecule has 0 bridgehead atoms. The Hall–Kier alpha value is -3.13. The standard InChI is InChI=1S/C22H17NO/c1-23-14-20(17-8-3-2-4-9-17)22(24)21(15-23)19-12-11-16-7-5-6-10-18(16)13-19/h2-15H,1H3. The summed E-state index contributed by atoms with van der Waals surface area (Å²) in [5, 5.41) is 2.32. The summed E-state index contributed by atoms with van der Waals surface area (Å²) < 4.78 is 1.95. The van der Waals surface area contributed by atoms with Crippen molar-refractivity contribution in [3.63, 3.8) is 0 Å². The Bertz CT molecular complexity index is 1080. The van der Waals surface area contributed by atoms with Crippen molar-refractivity contribution in [2.24, 2.45) is 7.05 Å². The van der Waals surface area contributed by atoms with E-state index in [1.807, 2.05) is 72.5 Å². The summed E-state index contributed by atoms with van der Waals surface area (Å²) in [6, 6.07) is 24.2. The summed E-state index contributed by atoms with van der Waals surface area (Å²) in [5.74, 6) is 0. The van der Waals surface area contributed by atoms with Crippen LogP contribution in [-0.2, 0) is 7.05 Å². The molecule has 0 aliphatic rings. The Morgan fingerprint density at radius 1 is 0.667 bits per heavy atom. The first kappa shape index (κ1) is 14.5. The number of pyridine rings is 1. The molecule has 0 N–H and O–H groups in total. The molecule has 0 fully saturated rings. The van der Waals surface area contributed by atoms with Gasteiger partial charge in [-0.25, -0.2) is 0 Å². The minimum Gasteiger partial charge on any atom is -0.356 e. The van der Waals surface area contributed by atoms with Gasteiger partial charge in [0.15, 0.2) is 5.43 Å². The number of aryl methyl sites for hydroxylation is 1. The van der Waals surface area contributed by atoms with Crippen LogP contribution in [0, 0.1) is 0 Å². The predicted molar refractivity (Wildman–Crippen MR) is 100 cm³/mol. The third kappa shape index (κ3) is 2.52. The van der Waals surface area contributed by atoms with Gasteiger partial charge in [-0.1, -0.05) is 66.7 Å². The molecule has 2 heteroatoms. The number of hydrogen-bond donors (Lipinski definition) is 0. The lowest BCUT2D eigenvalue weighted by Crippen LogP contribution is -2.11. The lowest BCUT2D eigenvalue weighted by molar-refractivity contribution is 0.904. The van der Waals surface area contributed by atoms with Crippen molar-refractivity contribution < 1.29 is 0 Å². The van der Waals surface area contributed by atoms with Gasteiger partial charge in [0.1, 0.15) is 0 Å². The zero-order valence-corrected chi connectivity index (χ0v) is 13.4. The van der Waals surface area contributed by atoms with Crippen LogP contribution in [0.15, 0.2) is 90.0 Å². The molecule has 0 radical (unpaired) electrons. The lowest BCUT2D eigenvalue weighted by Gasteiger charge is -2.10. The van der Waals surface area contributed by atoms with Crippen LogP contribution in [0.5, 0.6) is 0 Å². The molecule has 3 aromatic carbocycles. The predicted octanol–water partition coefficient (Wildman–Crippen LogP) is 4.87. The highest BCUT2D eigenvalue weighted by Gasteiger charge is 2.11. The van der Waals surface area contributed by atoms with E-state index in [-0.39, 0.29) is 5.43 Å². The molecule has 0 aliphatic heterocycles. The number of fused-ring (bicyclic) bond motifs is 1. The van der Waals surface area contributed by atoms with Gasteiger partial charge in [0.25, 0.3) is 0 Å². The van der Waals surface area contributed by atoms with Gasteiger partial charge in [-0.3, -0.25) is 4.79 Å². The fraction of sp³-hybridized carbons (Fsp3) is 0.0455. The second kappa shape index (κ2) is 5.82. The highest BCUT2D eigenvalue weighted by Crippen LogP contribution is 2.24. The third-order valence-electron chi connectivity index (χ3n) is 4.30. The Morgan fingerprint density at radius 3 is 2.04 bits per heavy atom. The van der Waals surface area contributed by atoms with Crippen LogP contribution in [0.3, 0.4) is 0 Å². The number of benzene rings is 3. The topological polar surface area (TPSA) is 22.0 Å². The summed E-state index contributed by atoms with van der Waals surface area (Å²) in [6.07, 6.45) is 3.79. The molecule has 0 saturated carbocycles. The molecule has 0 spiro atoms. The van der Waals surface area contributed by atoms with Gasteiger partial charge < -0.3 is 4.57 Å². The Kier molecular flexibility index (Phi) is 3.51. The Morgan fingerprint density at radius 2 is 1.29 bits per heavy atom. The number of aromatic nitrogens is 1. The van der Waals surface area contributed by atoms with E-state index < -0.39 is 0 Å². The van der Waals surface area contributed by atoms with Crippen LogP contribution in [0.2, 0.25) is 0 Å². The average molecular weight is 311 g/mol. The van der Waals surface area contributed by atoms with Crippen LogP contribution >= 0.6 is 0 Å². The van der Waals surface area contributed by atoms with Crippen molar-refractivity contribution in [1.29, 1.82) is 0 Å². The zero-order chi connectivity index (χ0) is 16.5. The van der Waals surface area contributed by atoms with Crippen LogP contribution in [-0.4, -0.2) is 4.57 Å². The van der Waals surface area contributed by atoms with Gasteiger partial charge >= 0.3 is 0 Å². The molecule has 1 aromatic heterocycles. The van der Waals surface area contributed by atoms with E-state index in [2.05, 4.69) is 24.3 Å². The van der Waals surface area contributed by atoms with Crippen molar-refractivity contribution in [3.8, 4) is 22.3 Å². The third-order valence-corrected chi connectivity index (χ3v) is 4.30. The van der Waals surface area contributed by atoms with E-state index in [4.69, 9.17) is 0 Å².